The molecule has 0 bridgehead atoms. The predicted octanol–water partition coefficient (Wildman–Crippen LogP) is 2.89. The number of hydrogen-bond donors (Lipinski definition) is 1. The maximum atomic E-state index is 10.1. The minimum absolute atomic E-state index is 0.365. The molecule has 0 aromatic carbocycles. The molecule has 0 aliphatic heterocycles. The summed E-state index contributed by atoms with van der Waals surface area (Å²) in [5.74, 6) is 0. The predicted molar refractivity (Wildman–Crippen MR) is 79.5 cm³/mol. The normalized spacial score (nSPS) is 17.0. The average molecular weight is 283 g/mol. The van der Waals surface area contributed by atoms with E-state index in [-0.39, 0.29) is 6.10 Å². The van der Waals surface area contributed by atoms with Crippen LogP contribution in [0.5, 0.6) is 0 Å². The van der Waals surface area contributed by atoms with Crippen molar-refractivity contribution in [1.82, 2.24) is 4.90 Å². The van der Waals surface area contributed by atoms with Gasteiger partial charge in [-0.3, -0.25) is 4.90 Å². The van der Waals surface area contributed by atoms with E-state index in [1.807, 2.05) is 0 Å². The van der Waals surface area contributed by atoms with Gasteiger partial charge < -0.3 is 9.84 Å². The van der Waals surface area contributed by atoms with E-state index in [0.29, 0.717) is 12.6 Å². The van der Waals surface area contributed by atoms with Gasteiger partial charge in [-0.1, -0.05) is 13.3 Å². The van der Waals surface area contributed by atoms with Crippen LogP contribution in [0.3, 0.4) is 0 Å². The number of hydrogen-bond acceptors (Lipinski definition) is 4. The molecule has 2 rings (SSSR count). The third-order valence-electron chi connectivity index (χ3n) is 3.43. The lowest BCUT2D eigenvalue weighted by Gasteiger charge is -2.24. The summed E-state index contributed by atoms with van der Waals surface area (Å²) in [5, 5.41) is 14.4. The Morgan fingerprint density at radius 3 is 3.00 bits per heavy atom. The van der Waals surface area contributed by atoms with Crippen molar-refractivity contribution in [2.45, 2.75) is 51.3 Å². The largest absolute Gasteiger partial charge is 0.389 e. The molecule has 1 unspecified atom stereocenters. The summed E-state index contributed by atoms with van der Waals surface area (Å²) in [5.41, 5.74) is 1.36. The van der Waals surface area contributed by atoms with Crippen molar-refractivity contribution < 1.29 is 9.84 Å². The van der Waals surface area contributed by atoms with Crippen LogP contribution >= 0.6 is 11.3 Å². The molecule has 1 aliphatic carbocycles. The molecular formula is C15H25NO2S. The second-order valence-electron chi connectivity index (χ2n) is 5.37. The van der Waals surface area contributed by atoms with Crippen molar-refractivity contribution in [1.29, 1.82) is 0 Å². The van der Waals surface area contributed by atoms with E-state index in [9.17, 15) is 5.11 Å². The second kappa shape index (κ2) is 8.00. The van der Waals surface area contributed by atoms with Gasteiger partial charge >= 0.3 is 0 Å². The van der Waals surface area contributed by atoms with Crippen molar-refractivity contribution >= 4 is 11.3 Å². The van der Waals surface area contributed by atoms with E-state index in [1.54, 1.807) is 11.3 Å². The van der Waals surface area contributed by atoms with Crippen LogP contribution in [0.4, 0.5) is 0 Å². The van der Waals surface area contributed by atoms with Gasteiger partial charge in [0.05, 0.1) is 12.7 Å². The summed E-state index contributed by atoms with van der Waals surface area (Å²) in [7, 11) is 0. The molecule has 1 aliphatic rings. The van der Waals surface area contributed by atoms with Crippen molar-refractivity contribution in [3.8, 4) is 0 Å². The van der Waals surface area contributed by atoms with Crippen molar-refractivity contribution in [2.75, 3.05) is 19.8 Å². The quantitative estimate of drug-likeness (QED) is 0.670. The molecule has 1 N–H and O–H groups in total. The summed E-state index contributed by atoms with van der Waals surface area (Å²) in [6.07, 6.45) is 4.40. The molecule has 0 saturated heterocycles. The molecule has 108 valence electrons. The van der Waals surface area contributed by atoms with E-state index in [0.717, 1.165) is 32.5 Å². The van der Waals surface area contributed by atoms with Crippen LogP contribution in [-0.4, -0.2) is 41.9 Å². The number of aliphatic hydroxyl groups is 1. The lowest BCUT2D eigenvalue weighted by molar-refractivity contribution is 0.0128. The fraction of sp³-hybridized carbons (Fsp3) is 0.733. The van der Waals surface area contributed by atoms with E-state index in [4.69, 9.17) is 4.74 Å². The Morgan fingerprint density at radius 1 is 1.53 bits per heavy atom. The molecule has 0 amide bonds. The number of rotatable bonds is 10. The molecular weight excluding hydrogens is 258 g/mol. The Morgan fingerprint density at radius 2 is 2.37 bits per heavy atom. The first-order chi connectivity index (χ1) is 9.29. The molecule has 3 nitrogen and oxygen atoms in total. The molecule has 19 heavy (non-hydrogen) atoms. The zero-order valence-corrected chi connectivity index (χ0v) is 12.6. The van der Waals surface area contributed by atoms with Gasteiger partial charge in [-0.25, -0.2) is 0 Å². The first kappa shape index (κ1) is 15.0. The number of unbranched alkanes of at least 4 members (excludes halogenated alkanes) is 1. The van der Waals surface area contributed by atoms with Crippen molar-refractivity contribution in [2.24, 2.45) is 0 Å². The molecule has 1 aromatic heterocycles. The third-order valence-corrected chi connectivity index (χ3v) is 4.16. The Balaban J connectivity index is 1.70. The van der Waals surface area contributed by atoms with Crippen LogP contribution in [0, 0.1) is 0 Å². The number of thiophene rings is 1. The van der Waals surface area contributed by atoms with Gasteiger partial charge in [0, 0.05) is 25.7 Å². The zero-order valence-electron chi connectivity index (χ0n) is 11.8. The Bertz CT molecular complexity index is 338. The third kappa shape index (κ3) is 5.61. The minimum atomic E-state index is -0.365. The zero-order chi connectivity index (χ0) is 13.5. The monoisotopic (exact) mass is 283 g/mol. The van der Waals surface area contributed by atoms with Crippen molar-refractivity contribution in [3.05, 3.63) is 22.4 Å². The van der Waals surface area contributed by atoms with Gasteiger partial charge in [0.25, 0.3) is 0 Å². The molecule has 0 spiro atoms. The van der Waals surface area contributed by atoms with Gasteiger partial charge in [-0.2, -0.15) is 11.3 Å². The van der Waals surface area contributed by atoms with Crippen molar-refractivity contribution in [3.63, 3.8) is 0 Å². The fourth-order valence-corrected chi connectivity index (χ4v) is 2.85. The Hall–Kier alpha value is -0.420. The van der Waals surface area contributed by atoms with E-state index in [2.05, 4.69) is 28.7 Å². The fourth-order valence-electron chi connectivity index (χ4n) is 2.19. The standard InChI is InChI=1S/C15H25NO2S/c1-2-3-7-18-11-15(17)10-16(14-4-5-14)9-13-6-8-19-12-13/h6,8,12,14-15,17H,2-5,7,9-11H2,1H3. The Labute approximate surface area is 120 Å². The summed E-state index contributed by atoms with van der Waals surface area (Å²) < 4.78 is 5.50. The summed E-state index contributed by atoms with van der Waals surface area (Å²) >= 11 is 1.74. The highest BCUT2D eigenvalue weighted by molar-refractivity contribution is 7.07. The second-order valence-corrected chi connectivity index (χ2v) is 6.15. The first-order valence-electron chi connectivity index (χ1n) is 7.30. The molecule has 1 heterocycles. The maximum Gasteiger partial charge on any atom is 0.0900 e. The topological polar surface area (TPSA) is 32.7 Å². The van der Waals surface area contributed by atoms with Crippen LogP contribution in [0.25, 0.3) is 0 Å². The number of nitrogens with zero attached hydrogens (tertiary/aromatic N) is 1. The molecule has 1 aromatic rings. The smallest absolute Gasteiger partial charge is 0.0900 e. The lowest BCUT2D eigenvalue weighted by Crippen LogP contribution is -2.36. The molecule has 1 saturated carbocycles. The van der Waals surface area contributed by atoms with Gasteiger partial charge in [0.1, 0.15) is 0 Å². The van der Waals surface area contributed by atoms with Gasteiger partial charge in [-0.05, 0) is 41.7 Å². The highest BCUT2D eigenvalue weighted by Gasteiger charge is 2.30. The summed E-state index contributed by atoms with van der Waals surface area (Å²) in [6, 6.07) is 2.84. The van der Waals surface area contributed by atoms with E-state index in [1.165, 1.54) is 18.4 Å². The van der Waals surface area contributed by atoms with Crippen LogP contribution < -0.4 is 0 Å². The lowest BCUT2D eigenvalue weighted by atomic mass is 10.2. The summed E-state index contributed by atoms with van der Waals surface area (Å²) in [4.78, 5) is 2.40. The average Bonchev–Trinajstić information content (AvgIpc) is 3.13. The molecule has 4 heteroatoms. The van der Waals surface area contributed by atoms with Crippen LogP contribution in [-0.2, 0) is 11.3 Å². The van der Waals surface area contributed by atoms with Crippen LogP contribution in [0.15, 0.2) is 16.8 Å². The molecule has 1 fully saturated rings. The molecule has 1 atom stereocenters. The summed E-state index contributed by atoms with van der Waals surface area (Å²) in [6.45, 7) is 5.07. The van der Waals surface area contributed by atoms with E-state index < -0.39 is 0 Å². The van der Waals surface area contributed by atoms with Gasteiger partial charge in [0.15, 0.2) is 0 Å². The first-order valence-corrected chi connectivity index (χ1v) is 8.24. The highest BCUT2D eigenvalue weighted by Crippen LogP contribution is 2.28. The highest BCUT2D eigenvalue weighted by atomic mass is 32.1. The maximum absolute atomic E-state index is 10.1. The van der Waals surface area contributed by atoms with Gasteiger partial charge in [0.2, 0.25) is 0 Å². The number of ether oxygens (including phenoxy) is 1. The van der Waals surface area contributed by atoms with E-state index >= 15 is 0 Å². The molecule has 0 radical (unpaired) electrons. The number of aliphatic hydroxyl groups excluding tert-OH is 1. The SMILES string of the molecule is CCCCOCC(O)CN(Cc1ccsc1)C1CC1. The Kier molecular flexibility index (Phi) is 6.31. The minimum Gasteiger partial charge on any atom is -0.389 e. The van der Waals surface area contributed by atoms with Crippen LogP contribution in [0.1, 0.15) is 38.2 Å². The van der Waals surface area contributed by atoms with Gasteiger partial charge in [-0.15, -0.1) is 0 Å². The van der Waals surface area contributed by atoms with Crippen LogP contribution in [0.2, 0.25) is 0 Å².